The number of non-ortho nitro benzene ring substituents is 1. The maximum atomic E-state index is 13.4. The minimum Gasteiger partial charge on any atom is -0.449 e. The number of aromatic nitrogens is 1. The Balaban J connectivity index is 1.52. The highest BCUT2D eigenvalue weighted by Gasteiger charge is 2.36. The molecular formula is C24H16F3N3O6. The third-order valence-corrected chi connectivity index (χ3v) is 5.18. The molecule has 1 heterocycles. The molecule has 4 aromatic rings. The van der Waals surface area contributed by atoms with Crippen LogP contribution in [0.2, 0.25) is 0 Å². The molecule has 36 heavy (non-hydrogen) atoms. The van der Waals surface area contributed by atoms with E-state index in [2.05, 4.69) is 5.16 Å². The molecule has 0 unspecified atom stereocenters. The van der Waals surface area contributed by atoms with E-state index in [0.29, 0.717) is 22.7 Å². The molecule has 3 aromatic carbocycles. The number of fused-ring (bicyclic) bond motifs is 1. The number of halogens is 3. The van der Waals surface area contributed by atoms with Crippen molar-refractivity contribution >= 4 is 34.2 Å². The minimum absolute atomic E-state index is 0.0637. The first kappa shape index (κ1) is 24.4. The van der Waals surface area contributed by atoms with Crippen LogP contribution in [0, 0.1) is 10.1 Å². The van der Waals surface area contributed by atoms with Crippen molar-refractivity contribution < 1.29 is 36.9 Å². The average molecular weight is 499 g/mol. The van der Waals surface area contributed by atoms with E-state index in [1.807, 2.05) is 11.4 Å². The lowest BCUT2D eigenvalue weighted by atomic mass is 10.1. The van der Waals surface area contributed by atoms with Crippen molar-refractivity contribution in [2.45, 2.75) is 19.2 Å². The molecule has 0 saturated heterocycles. The Hall–Kier alpha value is -4.74. The van der Waals surface area contributed by atoms with Crippen molar-refractivity contribution in [3.63, 3.8) is 0 Å². The van der Waals surface area contributed by atoms with Crippen LogP contribution < -0.4 is 5.32 Å². The summed E-state index contributed by atoms with van der Waals surface area (Å²) in [4.78, 5) is 35.0. The first-order valence-electron chi connectivity index (χ1n) is 10.4. The average Bonchev–Trinajstić information content (AvgIpc) is 3.27. The summed E-state index contributed by atoms with van der Waals surface area (Å²) >= 11 is 0. The van der Waals surface area contributed by atoms with Crippen molar-refractivity contribution in [3.05, 3.63) is 88.0 Å². The van der Waals surface area contributed by atoms with Gasteiger partial charge in [0.25, 0.3) is 11.6 Å². The van der Waals surface area contributed by atoms with E-state index in [-0.39, 0.29) is 5.56 Å². The number of esters is 1. The van der Waals surface area contributed by atoms with Crippen LogP contribution >= 0.6 is 0 Å². The second-order valence-electron chi connectivity index (χ2n) is 7.63. The van der Waals surface area contributed by atoms with Gasteiger partial charge in [-0.05, 0) is 31.2 Å². The molecule has 0 radical (unpaired) electrons. The van der Waals surface area contributed by atoms with E-state index in [0.717, 1.165) is 17.7 Å². The van der Waals surface area contributed by atoms with Crippen molar-refractivity contribution in [1.29, 1.82) is 0 Å². The molecule has 9 nitrogen and oxygen atoms in total. The quantitative estimate of drug-likeness (QED) is 0.208. The van der Waals surface area contributed by atoms with Crippen molar-refractivity contribution in [3.8, 4) is 11.3 Å². The molecule has 1 atom stereocenters. The van der Waals surface area contributed by atoms with Crippen LogP contribution in [-0.4, -0.2) is 28.1 Å². The zero-order valence-electron chi connectivity index (χ0n) is 18.4. The summed E-state index contributed by atoms with van der Waals surface area (Å²) in [6.45, 7) is 1.18. The second kappa shape index (κ2) is 9.49. The normalized spacial score (nSPS) is 12.2. The summed E-state index contributed by atoms with van der Waals surface area (Å²) in [6.07, 6.45) is -6.46. The molecule has 1 amide bonds. The van der Waals surface area contributed by atoms with Gasteiger partial charge in [-0.25, -0.2) is 4.79 Å². The van der Waals surface area contributed by atoms with Crippen LogP contribution in [0.15, 0.2) is 71.3 Å². The number of nitrogens with one attached hydrogen (secondary N) is 1. The summed E-state index contributed by atoms with van der Waals surface area (Å²) in [7, 11) is 0. The number of nitro groups is 1. The van der Waals surface area contributed by atoms with Gasteiger partial charge in [0.15, 0.2) is 11.9 Å². The number of amides is 1. The molecule has 0 saturated carbocycles. The Morgan fingerprint density at radius 1 is 1.08 bits per heavy atom. The summed E-state index contributed by atoms with van der Waals surface area (Å²) in [5.41, 5.74) is -1.64. The van der Waals surface area contributed by atoms with E-state index < -0.39 is 46.0 Å². The molecule has 0 spiro atoms. The Kier molecular flexibility index (Phi) is 6.43. The van der Waals surface area contributed by atoms with E-state index in [9.17, 15) is 32.9 Å². The fraction of sp³-hybridized carbons (Fsp3) is 0.125. The molecule has 0 aliphatic rings. The van der Waals surface area contributed by atoms with Gasteiger partial charge >= 0.3 is 12.1 Å². The Bertz CT molecular complexity index is 1470. The number of benzene rings is 3. The number of hydrogen-bond acceptors (Lipinski definition) is 7. The highest BCUT2D eigenvalue weighted by Crippen LogP contribution is 2.37. The van der Waals surface area contributed by atoms with Gasteiger partial charge in [-0.2, -0.15) is 13.2 Å². The second-order valence-corrected chi connectivity index (χ2v) is 7.63. The maximum absolute atomic E-state index is 13.4. The summed E-state index contributed by atoms with van der Waals surface area (Å²) in [6, 6.07) is 15.3. The minimum atomic E-state index is -4.97. The predicted molar refractivity (Wildman–Crippen MR) is 121 cm³/mol. The summed E-state index contributed by atoms with van der Waals surface area (Å²) in [5.74, 6) is -1.54. The lowest BCUT2D eigenvalue weighted by Gasteiger charge is -2.17. The van der Waals surface area contributed by atoms with Crippen LogP contribution in [0.5, 0.6) is 0 Å². The number of alkyl halides is 3. The monoisotopic (exact) mass is 499 g/mol. The van der Waals surface area contributed by atoms with E-state index in [1.165, 1.54) is 25.1 Å². The van der Waals surface area contributed by atoms with Crippen LogP contribution in [0.3, 0.4) is 0 Å². The number of anilines is 1. The third-order valence-electron chi connectivity index (χ3n) is 5.18. The summed E-state index contributed by atoms with van der Waals surface area (Å²) in [5, 5.41) is 17.3. The van der Waals surface area contributed by atoms with Gasteiger partial charge in [0.2, 0.25) is 0 Å². The van der Waals surface area contributed by atoms with Gasteiger partial charge in [-0.3, -0.25) is 14.9 Å². The number of carbonyl (C=O) groups is 2. The molecule has 0 aliphatic carbocycles. The number of nitro benzene ring substituents is 1. The van der Waals surface area contributed by atoms with E-state index in [4.69, 9.17) is 9.26 Å². The van der Waals surface area contributed by atoms with Gasteiger partial charge in [0.1, 0.15) is 5.52 Å². The van der Waals surface area contributed by atoms with Gasteiger partial charge in [0.05, 0.1) is 27.1 Å². The maximum Gasteiger partial charge on any atom is 0.418 e. The van der Waals surface area contributed by atoms with E-state index in [1.54, 1.807) is 24.3 Å². The Morgan fingerprint density at radius 3 is 2.47 bits per heavy atom. The molecule has 4 rings (SSSR count). The van der Waals surface area contributed by atoms with Crippen LogP contribution in [0.25, 0.3) is 22.2 Å². The molecular weight excluding hydrogens is 483 g/mol. The molecule has 1 N–H and O–H groups in total. The number of carbonyl (C=O) groups excluding carboxylic acids is 2. The predicted octanol–water partition coefficient (Wildman–Crippen LogP) is 5.61. The smallest absolute Gasteiger partial charge is 0.418 e. The SMILES string of the molecule is C[C@@H](OC(=O)c1ccc2noc(-c3ccccc3)c2c1)C(=O)Nc1ccc([N+](=O)[O-])cc1C(F)(F)F. The fourth-order valence-corrected chi connectivity index (χ4v) is 3.37. The van der Waals surface area contributed by atoms with Crippen molar-refractivity contribution in [2.24, 2.45) is 0 Å². The van der Waals surface area contributed by atoms with Crippen molar-refractivity contribution in [1.82, 2.24) is 5.16 Å². The first-order chi connectivity index (χ1) is 17.0. The van der Waals surface area contributed by atoms with Crippen LogP contribution in [0.4, 0.5) is 24.5 Å². The zero-order chi connectivity index (χ0) is 26.0. The number of rotatable bonds is 6. The Labute approximate surface area is 200 Å². The molecule has 1 aromatic heterocycles. The Morgan fingerprint density at radius 2 is 1.81 bits per heavy atom. The van der Waals surface area contributed by atoms with E-state index >= 15 is 0 Å². The number of hydrogen-bond donors (Lipinski definition) is 1. The lowest BCUT2D eigenvalue weighted by molar-refractivity contribution is -0.385. The third kappa shape index (κ3) is 5.02. The van der Waals surface area contributed by atoms with Crippen LogP contribution in [-0.2, 0) is 15.7 Å². The topological polar surface area (TPSA) is 125 Å². The molecule has 184 valence electrons. The molecule has 0 aliphatic heterocycles. The lowest BCUT2D eigenvalue weighted by Crippen LogP contribution is -2.30. The molecule has 12 heteroatoms. The van der Waals surface area contributed by atoms with Gasteiger partial charge < -0.3 is 14.6 Å². The molecule has 0 fully saturated rings. The van der Waals surface area contributed by atoms with Gasteiger partial charge in [-0.1, -0.05) is 35.5 Å². The highest BCUT2D eigenvalue weighted by molar-refractivity contribution is 6.01. The largest absolute Gasteiger partial charge is 0.449 e. The number of nitrogens with zero attached hydrogens (tertiary/aromatic N) is 2. The standard InChI is InChI=1S/C24H16F3N3O6/c1-13(22(31)28-20-10-8-16(30(33)34)12-18(20)24(25,26)27)35-23(32)15-7-9-19-17(11-15)21(36-29-19)14-5-3-2-4-6-14/h2-13H,1H3,(H,28,31)/t13-/m1/s1. The van der Waals surface area contributed by atoms with Gasteiger partial charge in [-0.15, -0.1) is 0 Å². The van der Waals surface area contributed by atoms with Crippen molar-refractivity contribution in [2.75, 3.05) is 5.32 Å². The van der Waals surface area contributed by atoms with Gasteiger partial charge in [0, 0.05) is 17.7 Å². The van der Waals surface area contributed by atoms with Crippen LogP contribution in [0.1, 0.15) is 22.8 Å². The fourth-order valence-electron chi connectivity index (χ4n) is 3.37. The first-order valence-corrected chi connectivity index (χ1v) is 10.4. The summed E-state index contributed by atoms with van der Waals surface area (Å²) < 4.78 is 50.6. The number of ether oxygens (including phenoxy) is 1. The zero-order valence-corrected chi connectivity index (χ0v) is 18.4. The highest BCUT2D eigenvalue weighted by atomic mass is 19.4. The molecule has 0 bridgehead atoms.